The largest absolute Gasteiger partial charge is 0.292 e. The summed E-state index contributed by atoms with van der Waals surface area (Å²) >= 11 is 1.45. The highest BCUT2D eigenvalue weighted by molar-refractivity contribution is 8.15. The second-order valence-corrected chi connectivity index (χ2v) is 2.71. The quantitative estimate of drug-likeness (QED) is 0.508. The molecule has 3 heteroatoms. The molecule has 0 aromatic heterocycles. The minimum Gasteiger partial charge on any atom is -0.292 e. The fourth-order valence-corrected chi connectivity index (χ4v) is 1.34. The highest BCUT2D eigenvalue weighted by atomic mass is 32.2. The van der Waals surface area contributed by atoms with Crippen molar-refractivity contribution in [3.63, 3.8) is 0 Å². The monoisotopic (exact) mass is 143 g/mol. The van der Waals surface area contributed by atoms with Crippen molar-refractivity contribution in [2.24, 2.45) is 4.99 Å². The maximum absolute atomic E-state index is 10.9. The van der Waals surface area contributed by atoms with Crippen LogP contribution in [0.1, 0.15) is 12.8 Å². The lowest BCUT2D eigenvalue weighted by molar-refractivity contribution is -0.113. The lowest BCUT2D eigenvalue weighted by Gasteiger charge is -2.06. The van der Waals surface area contributed by atoms with E-state index in [2.05, 4.69) is 4.99 Å². The van der Waals surface area contributed by atoms with Gasteiger partial charge in [0, 0.05) is 13.0 Å². The summed E-state index contributed by atoms with van der Waals surface area (Å²) in [6.07, 6.45) is 3.52. The molecule has 0 radical (unpaired) electrons. The maximum atomic E-state index is 10.9. The Morgan fingerprint density at radius 3 is 2.89 bits per heavy atom. The molecule has 0 amide bonds. The van der Waals surface area contributed by atoms with Crippen LogP contribution in [-0.2, 0) is 4.79 Å². The number of Topliss-reactive ketones (excluding diaryl/α,β-unsaturated/α-hetero) is 1. The number of thioether (sulfide) groups is 1. The highest BCUT2D eigenvalue weighted by Crippen LogP contribution is 2.09. The van der Waals surface area contributed by atoms with Crippen LogP contribution < -0.4 is 0 Å². The molecule has 0 bridgehead atoms. The van der Waals surface area contributed by atoms with Crippen LogP contribution in [0.4, 0.5) is 0 Å². The fourth-order valence-electron chi connectivity index (χ4n) is 0.794. The number of ketones is 1. The average Bonchev–Trinajstić information content (AvgIpc) is 1.89. The minimum atomic E-state index is 0.216. The van der Waals surface area contributed by atoms with Crippen molar-refractivity contribution in [2.45, 2.75) is 12.8 Å². The Labute approximate surface area is 58.7 Å². The SMILES string of the molecule is CSC1=NCCCC1=O. The molecule has 0 aliphatic carbocycles. The molecular formula is C6H9NOS. The van der Waals surface area contributed by atoms with Gasteiger partial charge < -0.3 is 0 Å². The van der Waals surface area contributed by atoms with Gasteiger partial charge in [0.25, 0.3) is 0 Å². The molecule has 0 spiro atoms. The topological polar surface area (TPSA) is 29.4 Å². The van der Waals surface area contributed by atoms with Crippen LogP contribution >= 0.6 is 11.8 Å². The van der Waals surface area contributed by atoms with E-state index in [0.29, 0.717) is 11.5 Å². The molecule has 0 atom stereocenters. The lowest BCUT2D eigenvalue weighted by atomic mass is 10.2. The van der Waals surface area contributed by atoms with Crippen LogP contribution in [0.2, 0.25) is 0 Å². The van der Waals surface area contributed by atoms with Crippen LogP contribution in [-0.4, -0.2) is 23.6 Å². The first-order valence-electron chi connectivity index (χ1n) is 2.96. The zero-order valence-corrected chi connectivity index (χ0v) is 6.20. The van der Waals surface area contributed by atoms with Crippen molar-refractivity contribution in [1.82, 2.24) is 0 Å². The third-order valence-electron chi connectivity index (χ3n) is 1.25. The predicted octanol–water partition coefficient (Wildman–Crippen LogP) is 1.11. The number of hydrogen-bond donors (Lipinski definition) is 0. The summed E-state index contributed by atoms with van der Waals surface area (Å²) < 4.78 is 0. The average molecular weight is 143 g/mol. The normalized spacial score (nSPS) is 19.7. The fraction of sp³-hybridized carbons (Fsp3) is 0.667. The van der Waals surface area contributed by atoms with Gasteiger partial charge in [-0.05, 0) is 12.7 Å². The van der Waals surface area contributed by atoms with E-state index in [-0.39, 0.29) is 5.78 Å². The standard InChI is InChI=1S/C6H9NOS/c1-9-6-5(8)3-2-4-7-6/h2-4H2,1H3. The molecule has 1 heterocycles. The van der Waals surface area contributed by atoms with Crippen LogP contribution in [0.15, 0.2) is 4.99 Å². The summed E-state index contributed by atoms with van der Waals surface area (Å²) in [4.78, 5) is 14.9. The molecule has 0 unspecified atom stereocenters. The van der Waals surface area contributed by atoms with Crippen molar-refractivity contribution >= 4 is 22.6 Å². The minimum absolute atomic E-state index is 0.216. The molecule has 9 heavy (non-hydrogen) atoms. The van der Waals surface area contributed by atoms with Crippen LogP contribution in [0.3, 0.4) is 0 Å². The van der Waals surface area contributed by atoms with Crippen LogP contribution in [0, 0.1) is 0 Å². The first-order chi connectivity index (χ1) is 4.34. The van der Waals surface area contributed by atoms with Gasteiger partial charge in [0.2, 0.25) is 0 Å². The van der Waals surface area contributed by atoms with Crippen molar-refractivity contribution in [2.75, 3.05) is 12.8 Å². The molecule has 50 valence electrons. The Balaban J connectivity index is 2.64. The van der Waals surface area contributed by atoms with Crippen LogP contribution in [0.5, 0.6) is 0 Å². The molecule has 0 fully saturated rings. The molecule has 0 saturated heterocycles. The van der Waals surface area contributed by atoms with E-state index in [9.17, 15) is 4.79 Å². The van der Waals surface area contributed by atoms with Gasteiger partial charge in [-0.2, -0.15) is 0 Å². The van der Waals surface area contributed by atoms with Crippen molar-refractivity contribution in [3.8, 4) is 0 Å². The molecular weight excluding hydrogens is 134 g/mol. The van der Waals surface area contributed by atoms with Crippen molar-refractivity contribution in [1.29, 1.82) is 0 Å². The number of hydrogen-bond acceptors (Lipinski definition) is 3. The summed E-state index contributed by atoms with van der Waals surface area (Å²) in [6, 6.07) is 0. The smallest absolute Gasteiger partial charge is 0.187 e. The number of rotatable bonds is 0. The maximum Gasteiger partial charge on any atom is 0.187 e. The van der Waals surface area contributed by atoms with Gasteiger partial charge in [0.05, 0.1) is 0 Å². The van der Waals surface area contributed by atoms with E-state index in [1.165, 1.54) is 11.8 Å². The number of nitrogens with zero attached hydrogens (tertiary/aromatic N) is 1. The van der Waals surface area contributed by atoms with Crippen LogP contribution in [0.25, 0.3) is 0 Å². The summed E-state index contributed by atoms with van der Waals surface area (Å²) in [5, 5.41) is 0.709. The second-order valence-electron chi connectivity index (χ2n) is 1.92. The summed E-state index contributed by atoms with van der Waals surface area (Å²) in [7, 11) is 0. The van der Waals surface area contributed by atoms with Gasteiger partial charge >= 0.3 is 0 Å². The van der Waals surface area contributed by atoms with E-state index in [1.54, 1.807) is 0 Å². The van der Waals surface area contributed by atoms with Gasteiger partial charge in [-0.3, -0.25) is 9.79 Å². The van der Waals surface area contributed by atoms with Gasteiger partial charge in [-0.1, -0.05) is 0 Å². The van der Waals surface area contributed by atoms with Gasteiger partial charge in [0.15, 0.2) is 5.78 Å². The predicted molar refractivity (Wildman–Crippen MR) is 40.1 cm³/mol. The molecule has 0 aromatic carbocycles. The van der Waals surface area contributed by atoms with E-state index in [0.717, 1.165) is 13.0 Å². The number of carbonyl (C=O) groups is 1. The molecule has 2 nitrogen and oxygen atoms in total. The Kier molecular flexibility index (Phi) is 2.28. The van der Waals surface area contributed by atoms with E-state index >= 15 is 0 Å². The van der Waals surface area contributed by atoms with Gasteiger partial charge in [-0.15, -0.1) is 11.8 Å². The summed E-state index contributed by atoms with van der Waals surface area (Å²) in [5.74, 6) is 0.216. The van der Waals surface area contributed by atoms with Crippen molar-refractivity contribution in [3.05, 3.63) is 0 Å². The zero-order chi connectivity index (χ0) is 6.69. The number of aliphatic imine (C=N–C) groups is 1. The first-order valence-corrected chi connectivity index (χ1v) is 4.18. The van der Waals surface area contributed by atoms with E-state index in [4.69, 9.17) is 0 Å². The Morgan fingerprint density at radius 1 is 1.67 bits per heavy atom. The first kappa shape index (κ1) is 6.81. The zero-order valence-electron chi connectivity index (χ0n) is 5.39. The Morgan fingerprint density at radius 2 is 2.44 bits per heavy atom. The van der Waals surface area contributed by atoms with Gasteiger partial charge in [-0.25, -0.2) is 0 Å². The Hall–Kier alpha value is -0.310. The van der Waals surface area contributed by atoms with E-state index in [1.807, 2.05) is 6.26 Å². The third-order valence-corrected chi connectivity index (χ3v) is 1.99. The van der Waals surface area contributed by atoms with Gasteiger partial charge in [0.1, 0.15) is 5.04 Å². The van der Waals surface area contributed by atoms with E-state index < -0.39 is 0 Å². The molecule has 0 aromatic rings. The third kappa shape index (κ3) is 1.55. The highest BCUT2D eigenvalue weighted by Gasteiger charge is 2.12. The summed E-state index contributed by atoms with van der Waals surface area (Å²) in [6.45, 7) is 0.835. The molecule has 0 saturated carbocycles. The molecule has 1 aliphatic heterocycles. The molecule has 0 N–H and O–H groups in total. The molecule has 1 rings (SSSR count). The van der Waals surface area contributed by atoms with Crippen molar-refractivity contribution < 1.29 is 4.79 Å². The lowest BCUT2D eigenvalue weighted by Crippen LogP contribution is -2.15. The Bertz CT molecular complexity index is 153. The number of carbonyl (C=O) groups excluding carboxylic acids is 1. The second kappa shape index (κ2) is 3.01. The summed E-state index contributed by atoms with van der Waals surface area (Å²) in [5.41, 5.74) is 0. The molecule has 1 aliphatic rings.